The Labute approximate surface area is 191 Å². The molecule has 1 atom stereocenters. The van der Waals surface area contributed by atoms with Gasteiger partial charge in [0.05, 0.1) is 30.7 Å². The summed E-state index contributed by atoms with van der Waals surface area (Å²) in [6.07, 6.45) is 0.378. The zero-order valence-corrected chi connectivity index (χ0v) is 19.5. The molecule has 0 radical (unpaired) electrons. The minimum atomic E-state index is -3.18. The molecule has 1 fully saturated rings. The molecule has 10 heteroatoms. The smallest absolute Gasteiger partial charge is 0.261 e. The van der Waals surface area contributed by atoms with E-state index in [1.54, 1.807) is 24.3 Å². The van der Waals surface area contributed by atoms with Crippen LogP contribution < -0.4 is 14.2 Å². The first-order valence-corrected chi connectivity index (χ1v) is 12.1. The maximum Gasteiger partial charge on any atom is 0.261 e. The quantitative estimate of drug-likeness (QED) is 0.565. The fraction of sp³-hybridized carbons (Fsp3) is 0.381. The van der Waals surface area contributed by atoms with Gasteiger partial charge in [0.1, 0.15) is 5.75 Å². The Kier molecular flexibility index (Phi) is 7.56. The van der Waals surface area contributed by atoms with E-state index in [0.717, 1.165) is 5.56 Å². The van der Waals surface area contributed by atoms with Crippen molar-refractivity contribution in [3.8, 4) is 17.2 Å². The number of methoxy groups -OCH3 is 2. The van der Waals surface area contributed by atoms with Crippen LogP contribution in [0.4, 0.5) is 0 Å². The van der Waals surface area contributed by atoms with Gasteiger partial charge in [-0.15, -0.1) is 0 Å². The highest BCUT2D eigenvalue weighted by atomic mass is 35.5. The molecule has 31 heavy (non-hydrogen) atoms. The van der Waals surface area contributed by atoms with Gasteiger partial charge >= 0.3 is 0 Å². The van der Waals surface area contributed by atoms with Crippen molar-refractivity contribution in [1.82, 2.24) is 4.90 Å². The summed E-state index contributed by atoms with van der Waals surface area (Å²) in [5.74, 6) is 1.04. The number of ether oxygens (including phenoxy) is 3. The Hall–Kier alpha value is -2.16. The molecule has 168 valence electrons. The van der Waals surface area contributed by atoms with Crippen molar-refractivity contribution in [2.75, 3.05) is 32.3 Å². The normalized spacial score (nSPS) is 17.2. The number of rotatable bonds is 8. The van der Waals surface area contributed by atoms with Crippen LogP contribution in [0, 0.1) is 0 Å². The molecule has 1 saturated heterocycles. The van der Waals surface area contributed by atoms with Crippen LogP contribution in [-0.2, 0) is 21.2 Å². The molecule has 2 aromatic carbocycles. The predicted octanol–water partition coefficient (Wildman–Crippen LogP) is 3.61. The second kappa shape index (κ2) is 9.97. The van der Waals surface area contributed by atoms with Gasteiger partial charge in [-0.25, -0.2) is 8.42 Å². The molecule has 0 N–H and O–H groups in total. The van der Waals surface area contributed by atoms with E-state index in [1.807, 2.05) is 6.07 Å². The first-order chi connectivity index (χ1) is 14.7. The summed E-state index contributed by atoms with van der Waals surface area (Å²) >= 11 is 12.0. The first-order valence-electron chi connectivity index (χ1n) is 9.51. The van der Waals surface area contributed by atoms with Crippen LogP contribution in [0.5, 0.6) is 17.2 Å². The molecule has 0 bridgehead atoms. The molecule has 1 aliphatic rings. The van der Waals surface area contributed by atoms with E-state index in [9.17, 15) is 13.2 Å². The Morgan fingerprint density at radius 2 is 1.77 bits per heavy atom. The minimum absolute atomic E-state index is 0.0528. The van der Waals surface area contributed by atoms with Crippen LogP contribution >= 0.6 is 23.2 Å². The molecule has 0 aliphatic carbocycles. The molecule has 7 nitrogen and oxygen atoms in total. The number of benzene rings is 2. The number of nitrogens with zero attached hydrogens (tertiary/aromatic N) is 1. The van der Waals surface area contributed by atoms with Crippen LogP contribution in [0.3, 0.4) is 0 Å². The third-order valence-electron chi connectivity index (χ3n) is 5.02. The average Bonchev–Trinajstić information content (AvgIpc) is 3.10. The first kappa shape index (κ1) is 23.5. The van der Waals surface area contributed by atoms with E-state index >= 15 is 0 Å². The summed E-state index contributed by atoms with van der Waals surface area (Å²) in [5.41, 5.74) is 0.778. The maximum absolute atomic E-state index is 13.1. The van der Waals surface area contributed by atoms with Gasteiger partial charge in [-0.1, -0.05) is 29.3 Å². The molecule has 0 spiro atoms. The highest BCUT2D eigenvalue weighted by molar-refractivity contribution is 7.91. The SMILES string of the molecule is COc1ccc(CN(C(=O)COc2ccc(Cl)cc2Cl)C2CCS(=O)(=O)C2)cc1OC. The molecule has 1 aliphatic heterocycles. The molecule has 1 amide bonds. The summed E-state index contributed by atoms with van der Waals surface area (Å²) in [6.45, 7) is -0.0811. The standard InChI is InChI=1S/C21H23Cl2NO6S/c1-28-19-5-3-14(9-20(19)29-2)11-24(16-7-8-31(26,27)13-16)21(25)12-30-18-6-4-15(22)10-17(18)23/h3-6,9-10,16H,7-8,11-13H2,1-2H3. The third kappa shape index (κ3) is 5.96. The number of carbonyl (C=O) groups is 1. The molecule has 0 aromatic heterocycles. The van der Waals surface area contributed by atoms with E-state index in [0.29, 0.717) is 28.7 Å². The predicted molar refractivity (Wildman–Crippen MR) is 119 cm³/mol. The summed E-state index contributed by atoms with van der Waals surface area (Å²) in [4.78, 5) is 14.6. The van der Waals surface area contributed by atoms with Crippen LogP contribution in [0.2, 0.25) is 10.0 Å². The highest BCUT2D eigenvalue weighted by Gasteiger charge is 2.35. The summed E-state index contributed by atoms with van der Waals surface area (Å²) in [6, 6.07) is 9.59. The third-order valence-corrected chi connectivity index (χ3v) is 7.30. The fourth-order valence-electron chi connectivity index (χ4n) is 3.43. The topological polar surface area (TPSA) is 82.1 Å². The Balaban J connectivity index is 1.80. The van der Waals surface area contributed by atoms with Crippen molar-refractivity contribution in [3.63, 3.8) is 0 Å². The lowest BCUT2D eigenvalue weighted by molar-refractivity contribution is -0.136. The zero-order chi connectivity index (χ0) is 22.6. The number of sulfone groups is 1. The number of carbonyl (C=O) groups excluding carboxylic acids is 1. The number of halogens is 2. The lowest BCUT2D eigenvalue weighted by Crippen LogP contribution is -2.43. The van der Waals surface area contributed by atoms with Crippen LogP contribution in [0.15, 0.2) is 36.4 Å². The van der Waals surface area contributed by atoms with Gasteiger partial charge < -0.3 is 19.1 Å². The van der Waals surface area contributed by atoms with Crippen molar-refractivity contribution in [1.29, 1.82) is 0 Å². The minimum Gasteiger partial charge on any atom is -0.493 e. The van der Waals surface area contributed by atoms with Crippen LogP contribution in [0.25, 0.3) is 0 Å². The largest absolute Gasteiger partial charge is 0.493 e. The van der Waals surface area contributed by atoms with Crippen LogP contribution in [-0.4, -0.2) is 57.6 Å². The second-order valence-corrected chi connectivity index (χ2v) is 10.2. The van der Waals surface area contributed by atoms with Crippen molar-refractivity contribution in [2.24, 2.45) is 0 Å². The van der Waals surface area contributed by atoms with E-state index in [1.165, 1.54) is 25.2 Å². The number of hydrogen-bond acceptors (Lipinski definition) is 6. The molecule has 2 aromatic rings. The van der Waals surface area contributed by atoms with Gasteiger partial charge in [0.2, 0.25) is 0 Å². The van der Waals surface area contributed by atoms with Crippen molar-refractivity contribution in [3.05, 3.63) is 52.0 Å². The zero-order valence-electron chi connectivity index (χ0n) is 17.1. The van der Waals surface area contributed by atoms with Crippen LogP contribution in [0.1, 0.15) is 12.0 Å². The van der Waals surface area contributed by atoms with Gasteiger partial charge in [0.25, 0.3) is 5.91 Å². The monoisotopic (exact) mass is 487 g/mol. The van der Waals surface area contributed by atoms with E-state index < -0.39 is 15.9 Å². The molecule has 0 saturated carbocycles. The van der Waals surface area contributed by atoms with Gasteiger partial charge in [-0.2, -0.15) is 0 Å². The molecule has 3 rings (SSSR count). The summed E-state index contributed by atoms with van der Waals surface area (Å²) in [5, 5.41) is 0.741. The molecular weight excluding hydrogens is 465 g/mol. The summed E-state index contributed by atoms with van der Waals surface area (Å²) < 4.78 is 40.2. The Bertz CT molecular complexity index is 1060. The summed E-state index contributed by atoms with van der Waals surface area (Å²) in [7, 11) is -0.120. The molecule has 1 unspecified atom stereocenters. The Morgan fingerprint density at radius 3 is 2.39 bits per heavy atom. The van der Waals surface area contributed by atoms with Gasteiger partial charge in [0, 0.05) is 17.6 Å². The van der Waals surface area contributed by atoms with Crippen molar-refractivity contribution >= 4 is 38.9 Å². The fourth-order valence-corrected chi connectivity index (χ4v) is 5.63. The average molecular weight is 488 g/mol. The van der Waals surface area contributed by atoms with Gasteiger partial charge in [-0.05, 0) is 42.3 Å². The second-order valence-electron chi connectivity index (χ2n) is 7.13. The number of hydrogen-bond donors (Lipinski definition) is 0. The maximum atomic E-state index is 13.1. The van der Waals surface area contributed by atoms with Crippen molar-refractivity contribution < 1.29 is 27.4 Å². The van der Waals surface area contributed by atoms with Gasteiger partial charge in [0.15, 0.2) is 27.9 Å². The van der Waals surface area contributed by atoms with E-state index in [2.05, 4.69) is 0 Å². The van der Waals surface area contributed by atoms with E-state index in [-0.39, 0.29) is 35.6 Å². The lowest BCUT2D eigenvalue weighted by Gasteiger charge is -2.28. The number of amides is 1. The lowest BCUT2D eigenvalue weighted by atomic mass is 10.1. The highest BCUT2D eigenvalue weighted by Crippen LogP contribution is 2.30. The van der Waals surface area contributed by atoms with Crippen molar-refractivity contribution in [2.45, 2.75) is 19.0 Å². The Morgan fingerprint density at radius 1 is 1.06 bits per heavy atom. The van der Waals surface area contributed by atoms with E-state index in [4.69, 9.17) is 37.4 Å². The van der Waals surface area contributed by atoms with Gasteiger partial charge in [-0.3, -0.25) is 4.79 Å². The molecular formula is C21H23Cl2NO6S. The molecule has 1 heterocycles.